The van der Waals surface area contributed by atoms with E-state index in [1.165, 1.54) is 0 Å². The Morgan fingerprint density at radius 3 is 2.11 bits per heavy atom. The number of hydrogen-bond acceptors (Lipinski definition) is 5. The maximum absolute atomic E-state index is 10.5. The van der Waals surface area contributed by atoms with Crippen LogP contribution in [0, 0.1) is 0 Å². The summed E-state index contributed by atoms with van der Waals surface area (Å²) in [6.45, 7) is 7.78. The number of hydrogen-bond donors (Lipinski definition) is 2. The molecule has 0 aliphatic rings. The number of aliphatic carboxylic acids is 1. The minimum absolute atomic E-state index is 0.480. The van der Waals surface area contributed by atoms with E-state index in [0.29, 0.717) is 39.6 Å². The third-order valence-corrected chi connectivity index (χ3v) is 2.45. The zero-order valence-corrected chi connectivity index (χ0v) is 12.0. The van der Waals surface area contributed by atoms with Crippen molar-refractivity contribution in [1.82, 2.24) is 5.32 Å². The summed E-state index contributed by atoms with van der Waals surface area (Å²) in [5.74, 6) is -0.855. The summed E-state index contributed by atoms with van der Waals surface area (Å²) in [5.41, 5.74) is 0. The summed E-state index contributed by atoms with van der Waals surface area (Å²) in [7, 11) is 0. The molecular weight excluding hydrogens is 250 g/mol. The van der Waals surface area contributed by atoms with Crippen molar-refractivity contribution in [3.05, 3.63) is 0 Å². The van der Waals surface area contributed by atoms with E-state index in [1.54, 1.807) is 6.92 Å². The molecule has 0 aromatic heterocycles. The molecule has 2 N–H and O–H groups in total. The van der Waals surface area contributed by atoms with Crippen LogP contribution in [0.2, 0.25) is 0 Å². The second-order valence-electron chi connectivity index (χ2n) is 4.20. The van der Waals surface area contributed by atoms with Gasteiger partial charge >= 0.3 is 5.97 Å². The molecule has 0 rings (SSSR count). The Hall–Kier alpha value is -0.690. The van der Waals surface area contributed by atoms with Crippen molar-refractivity contribution in [3.8, 4) is 0 Å². The number of unbranched alkanes of at least 4 members (excludes halogenated alkanes) is 1. The molecular formula is C13H27NO5. The van der Waals surface area contributed by atoms with Gasteiger partial charge < -0.3 is 24.6 Å². The van der Waals surface area contributed by atoms with Crippen LogP contribution >= 0.6 is 0 Å². The van der Waals surface area contributed by atoms with Gasteiger partial charge in [0, 0.05) is 13.2 Å². The molecule has 19 heavy (non-hydrogen) atoms. The van der Waals surface area contributed by atoms with E-state index in [1.807, 2.05) is 0 Å². The van der Waals surface area contributed by atoms with Gasteiger partial charge in [-0.2, -0.15) is 0 Å². The Morgan fingerprint density at radius 1 is 1.05 bits per heavy atom. The maximum atomic E-state index is 10.5. The summed E-state index contributed by atoms with van der Waals surface area (Å²) in [6, 6.07) is -0.542. The van der Waals surface area contributed by atoms with E-state index < -0.39 is 12.0 Å². The first kappa shape index (κ1) is 18.3. The molecule has 6 nitrogen and oxygen atoms in total. The molecule has 0 aliphatic carbocycles. The molecule has 0 unspecified atom stereocenters. The quantitative estimate of drug-likeness (QED) is 0.459. The Bertz CT molecular complexity index is 213. The highest BCUT2D eigenvalue weighted by Crippen LogP contribution is 1.88. The predicted molar refractivity (Wildman–Crippen MR) is 72.5 cm³/mol. The summed E-state index contributed by atoms with van der Waals surface area (Å²) in [5, 5.41) is 11.5. The smallest absolute Gasteiger partial charge is 0.320 e. The fourth-order valence-electron chi connectivity index (χ4n) is 1.22. The van der Waals surface area contributed by atoms with Gasteiger partial charge in [0.2, 0.25) is 0 Å². The van der Waals surface area contributed by atoms with Crippen LogP contribution in [0.15, 0.2) is 0 Å². The van der Waals surface area contributed by atoms with Crippen LogP contribution in [0.5, 0.6) is 0 Å². The third-order valence-electron chi connectivity index (χ3n) is 2.45. The van der Waals surface area contributed by atoms with Crippen LogP contribution in [0.4, 0.5) is 0 Å². The number of carboxylic acid groups (broad SMARTS) is 1. The molecule has 0 spiro atoms. The number of nitrogens with one attached hydrogen (secondary N) is 1. The van der Waals surface area contributed by atoms with Crippen molar-refractivity contribution in [2.45, 2.75) is 32.7 Å². The topological polar surface area (TPSA) is 77.0 Å². The zero-order valence-electron chi connectivity index (χ0n) is 12.0. The fourth-order valence-corrected chi connectivity index (χ4v) is 1.22. The van der Waals surface area contributed by atoms with Gasteiger partial charge in [0.05, 0.1) is 33.0 Å². The van der Waals surface area contributed by atoms with E-state index in [9.17, 15) is 4.79 Å². The van der Waals surface area contributed by atoms with Crippen molar-refractivity contribution < 1.29 is 24.1 Å². The van der Waals surface area contributed by atoms with Crippen LogP contribution in [0.25, 0.3) is 0 Å². The molecule has 1 atom stereocenters. The zero-order chi connectivity index (χ0) is 14.3. The van der Waals surface area contributed by atoms with Crippen molar-refractivity contribution >= 4 is 5.97 Å². The standard InChI is InChI=1S/C13H27NO5/c1-3-4-6-17-8-10-19-11-9-18-7-5-14-12(2)13(15)16/h12,14H,3-11H2,1-2H3,(H,15,16)/t12-/m0/s1. The minimum atomic E-state index is -0.855. The monoisotopic (exact) mass is 277 g/mol. The van der Waals surface area contributed by atoms with Crippen molar-refractivity contribution in [1.29, 1.82) is 0 Å². The first-order valence-electron chi connectivity index (χ1n) is 6.88. The summed E-state index contributed by atoms with van der Waals surface area (Å²) in [4.78, 5) is 10.5. The highest BCUT2D eigenvalue weighted by molar-refractivity contribution is 5.72. The molecule has 114 valence electrons. The molecule has 0 fully saturated rings. The molecule has 0 radical (unpaired) electrons. The van der Waals surface area contributed by atoms with Crippen LogP contribution in [0.1, 0.15) is 26.7 Å². The second kappa shape index (κ2) is 13.7. The average molecular weight is 277 g/mol. The van der Waals surface area contributed by atoms with Crippen LogP contribution < -0.4 is 5.32 Å². The lowest BCUT2D eigenvalue weighted by atomic mass is 10.3. The van der Waals surface area contributed by atoms with Gasteiger partial charge in [-0.1, -0.05) is 13.3 Å². The van der Waals surface area contributed by atoms with Gasteiger partial charge in [-0.05, 0) is 13.3 Å². The first-order chi connectivity index (χ1) is 9.18. The fraction of sp³-hybridized carbons (Fsp3) is 0.923. The van der Waals surface area contributed by atoms with Gasteiger partial charge in [-0.3, -0.25) is 4.79 Å². The van der Waals surface area contributed by atoms with Crippen LogP contribution in [0.3, 0.4) is 0 Å². The number of ether oxygens (including phenoxy) is 3. The Labute approximate surface area is 115 Å². The molecule has 6 heteroatoms. The summed E-state index contributed by atoms with van der Waals surface area (Å²) < 4.78 is 15.9. The van der Waals surface area contributed by atoms with Gasteiger partial charge in [0.25, 0.3) is 0 Å². The molecule has 0 saturated carbocycles. The highest BCUT2D eigenvalue weighted by atomic mass is 16.5. The van der Waals surface area contributed by atoms with Crippen molar-refractivity contribution in [2.24, 2.45) is 0 Å². The summed E-state index contributed by atoms with van der Waals surface area (Å²) >= 11 is 0. The first-order valence-corrected chi connectivity index (χ1v) is 6.88. The number of carbonyl (C=O) groups is 1. The second-order valence-corrected chi connectivity index (χ2v) is 4.20. The number of carboxylic acids is 1. The lowest BCUT2D eigenvalue weighted by molar-refractivity contribution is -0.139. The normalized spacial score (nSPS) is 12.5. The maximum Gasteiger partial charge on any atom is 0.320 e. The van der Waals surface area contributed by atoms with E-state index in [4.69, 9.17) is 19.3 Å². The molecule has 0 aromatic rings. The van der Waals surface area contributed by atoms with Gasteiger partial charge in [-0.25, -0.2) is 0 Å². The van der Waals surface area contributed by atoms with Crippen molar-refractivity contribution in [3.63, 3.8) is 0 Å². The minimum Gasteiger partial charge on any atom is -0.480 e. The Kier molecular flexibility index (Phi) is 13.2. The largest absolute Gasteiger partial charge is 0.480 e. The summed E-state index contributed by atoms with van der Waals surface area (Å²) in [6.07, 6.45) is 2.23. The van der Waals surface area contributed by atoms with E-state index in [-0.39, 0.29) is 0 Å². The van der Waals surface area contributed by atoms with Gasteiger partial charge in [0.15, 0.2) is 0 Å². The Balaban J connectivity index is 3.05. The molecule has 0 bridgehead atoms. The number of rotatable bonds is 14. The van der Waals surface area contributed by atoms with E-state index in [0.717, 1.165) is 19.4 Å². The van der Waals surface area contributed by atoms with Gasteiger partial charge in [-0.15, -0.1) is 0 Å². The molecule has 0 aliphatic heterocycles. The third kappa shape index (κ3) is 13.5. The van der Waals surface area contributed by atoms with E-state index in [2.05, 4.69) is 12.2 Å². The molecule has 0 saturated heterocycles. The average Bonchev–Trinajstić information content (AvgIpc) is 2.39. The van der Waals surface area contributed by atoms with Gasteiger partial charge in [0.1, 0.15) is 6.04 Å². The molecule has 0 amide bonds. The van der Waals surface area contributed by atoms with Crippen LogP contribution in [-0.4, -0.2) is 63.3 Å². The lowest BCUT2D eigenvalue weighted by Crippen LogP contribution is -2.36. The molecule has 0 aromatic carbocycles. The highest BCUT2D eigenvalue weighted by Gasteiger charge is 2.07. The lowest BCUT2D eigenvalue weighted by Gasteiger charge is -2.09. The van der Waals surface area contributed by atoms with E-state index >= 15 is 0 Å². The molecule has 0 heterocycles. The predicted octanol–water partition coefficient (Wildman–Crippen LogP) is 0.899. The van der Waals surface area contributed by atoms with Crippen molar-refractivity contribution in [2.75, 3.05) is 46.2 Å². The SMILES string of the molecule is CCCCOCCOCCOCCN[C@@H](C)C(=O)O. The van der Waals surface area contributed by atoms with Crippen LogP contribution in [-0.2, 0) is 19.0 Å². The Morgan fingerprint density at radius 2 is 1.58 bits per heavy atom.